The highest BCUT2D eigenvalue weighted by molar-refractivity contribution is 5.94. The summed E-state index contributed by atoms with van der Waals surface area (Å²) in [7, 11) is 0. The van der Waals surface area contributed by atoms with Crippen LogP contribution < -0.4 is 0 Å². The number of hydrogen-bond acceptors (Lipinski definition) is 6. The van der Waals surface area contributed by atoms with Crippen molar-refractivity contribution in [3.8, 4) is 5.75 Å². The fourth-order valence-corrected chi connectivity index (χ4v) is 3.02. The van der Waals surface area contributed by atoms with Gasteiger partial charge >= 0.3 is 0 Å². The molecule has 1 atom stereocenters. The molecule has 2 aromatic heterocycles. The van der Waals surface area contributed by atoms with Crippen LogP contribution in [-0.4, -0.2) is 45.6 Å². The highest BCUT2D eigenvalue weighted by Gasteiger charge is 2.29. The van der Waals surface area contributed by atoms with E-state index in [4.69, 9.17) is 9.15 Å². The maximum Gasteiger partial charge on any atom is 0.255 e. The Labute approximate surface area is 132 Å². The zero-order valence-electron chi connectivity index (χ0n) is 12.6. The molecule has 0 saturated carbocycles. The Kier molecular flexibility index (Phi) is 3.49. The molecule has 2 aromatic rings. The molecule has 0 aliphatic carbocycles. The van der Waals surface area contributed by atoms with Gasteiger partial charge in [-0.2, -0.15) is 0 Å². The average Bonchev–Trinajstić information content (AvgIpc) is 3.22. The van der Waals surface area contributed by atoms with Gasteiger partial charge < -0.3 is 19.2 Å². The van der Waals surface area contributed by atoms with Gasteiger partial charge in [0.15, 0.2) is 5.89 Å². The van der Waals surface area contributed by atoms with Crippen LogP contribution in [0.25, 0.3) is 0 Å². The van der Waals surface area contributed by atoms with E-state index in [0.29, 0.717) is 31.7 Å². The van der Waals surface area contributed by atoms with Crippen molar-refractivity contribution in [2.24, 2.45) is 0 Å². The van der Waals surface area contributed by atoms with E-state index in [1.807, 2.05) is 0 Å². The van der Waals surface area contributed by atoms with Crippen LogP contribution in [0.4, 0.5) is 0 Å². The largest absolute Gasteiger partial charge is 0.506 e. The van der Waals surface area contributed by atoms with Crippen molar-refractivity contribution in [2.75, 3.05) is 19.8 Å². The van der Waals surface area contributed by atoms with Gasteiger partial charge in [0, 0.05) is 25.8 Å². The monoisotopic (exact) mass is 315 g/mol. The first kappa shape index (κ1) is 14.2. The number of carbonyl (C=O) groups is 1. The molecular formula is C16H17N3O4. The van der Waals surface area contributed by atoms with Gasteiger partial charge in [-0.15, -0.1) is 0 Å². The minimum atomic E-state index is -0.159. The molecule has 1 amide bonds. The van der Waals surface area contributed by atoms with Gasteiger partial charge in [-0.1, -0.05) is 0 Å². The van der Waals surface area contributed by atoms with Gasteiger partial charge in [0.05, 0.1) is 30.8 Å². The highest BCUT2D eigenvalue weighted by atomic mass is 16.5. The van der Waals surface area contributed by atoms with E-state index in [0.717, 1.165) is 30.4 Å². The summed E-state index contributed by atoms with van der Waals surface area (Å²) in [6.45, 7) is 2.38. The summed E-state index contributed by atoms with van der Waals surface area (Å²) in [5.74, 6) is 1.64. The predicted molar refractivity (Wildman–Crippen MR) is 79.0 cm³/mol. The smallest absolute Gasteiger partial charge is 0.255 e. The van der Waals surface area contributed by atoms with Crippen molar-refractivity contribution in [2.45, 2.75) is 25.3 Å². The molecule has 0 aromatic carbocycles. The first-order valence-corrected chi connectivity index (χ1v) is 7.70. The number of rotatable bonds is 2. The molecule has 7 heteroatoms. The molecule has 1 N–H and O–H groups in total. The van der Waals surface area contributed by atoms with Crippen LogP contribution in [0.2, 0.25) is 0 Å². The van der Waals surface area contributed by atoms with Crippen molar-refractivity contribution in [1.29, 1.82) is 0 Å². The molecule has 0 radical (unpaired) electrons. The van der Waals surface area contributed by atoms with Crippen molar-refractivity contribution in [3.63, 3.8) is 0 Å². The summed E-state index contributed by atoms with van der Waals surface area (Å²) >= 11 is 0. The Morgan fingerprint density at radius 1 is 1.39 bits per heavy atom. The van der Waals surface area contributed by atoms with E-state index in [1.54, 1.807) is 4.90 Å². The molecule has 1 fully saturated rings. The van der Waals surface area contributed by atoms with E-state index < -0.39 is 0 Å². The third kappa shape index (κ3) is 2.68. The summed E-state index contributed by atoms with van der Waals surface area (Å²) in [5, 5.41) is 9.47. The number of hydrogen-bond donors (Lipinski definition) is 1. The summed E-state index contributed by atoms with van der Waals surface area (Å²) in [5.41, 5.74) is 1.20. The molecule has 1 unspecified atom stereocenters. The zero-order chi connectivity index (χ0) is 15.8. The van der Waals surface area contributed by atoms with E-state index in [9.17, 15) is 9.90 Å². The van der Waals surface area contributed by atoms with Crippen molar-refractivity contribution in [1.82, 2.24) is 14.9 Å². The topological polar surface area (TPSA) is 88.7 Å². The molecule has 23 heavy (non-hydrogen) atoms. The Balaban J connectivity index is 1.53. The SMILES string of the molecule is O=C(c1cncc(O)c1)N1CCc2oc(C3CCOC3)nc2C1. The van der Waals surface area contributed by atoms with E-state index >= 15 is 0 Å². The molecule has 7 nitrogen and oxygen atoms in total. The lowest BCUT2D eigenvalue weighted by Gasteiger charge is -2.25. The first-order valence-electron chi connectivity index (χ1n) is 7.70. The summed E-state index contributed by atoms with van der Waals surface area (Å²) < 4.78 is 11.2. The number of carbonyl (C=O) groups excluding carboxylic acids is 1. The van der Waals surface area contributed by atoms with Crippen molar-refractivity contribution < 1.29 is 19.1 Å². The van der Waals surface area contributed by atoms with Crippen LogP contribution in [0.5, 0.6) is 5.75 Å². The Morgan fingerprint density at radius 3 is 3.09 bits per heavy atom. The maximum absolute atomic E-state index is 12.5. The third-order valence-corrected chi connectivity index (χ3v) is 4.28. The summed E-state index contributed by atoms with van der Waals surface area (Å²) in [6, 6.07) is 1.43. The van der Waals surface area contributed by atoms with Crippen molar-refractivity contribution >= 4 is 5.91 Å². The molecule has 0 spiro atoms. The lowest BCUT2D eigenvalue weighted by Crippen LogP contribution is -2.35. The zero-order valence-corrected chi connectivity index (χ0v) is 12.6. The molecule has 4 rings (SSSR count). The van der Waals surface area contributed by atoms with Crippen LogP contribution in [0.15, 0.2) is 22.9 Å². The van der Waals surface area contributed by atoms with Crippen LogP contribution in [-0.2, 0) is 17.7 Å². The minimum Gasteiger partial charge on any atom is -0.506 e. The van der Waals surface area contributed by atoms with Gasteiger partial charge in [0.2, 0.25) is 0 Å². The van der Waals surface area contributed by atoms with Crippen LogP contribution in [0, 0.1) is 0 Å². The standard InChI is InChI=1S/C16H17N3O4/c20-12-5-11(6-17-7-12)16(21)19-3-1-14-13(8-19)18-15(23-14)10-2-4-22-9-10/h5-7,10,20H,1-4,8-9H2. The Hall–Kier alpha value is -2.41. The number of aromatic nitrogens is 2. The molecular weight excluding hydrogens is 298 g/mol. The van der Waals surface area contributed by atoms with Gasteiger partial charge in [0.25, 0.3) is 5.91 Å². The van der Waals surface area contributed by atoms with Crippen LogP contribution in [0.3, 0.4) is 0 Å². The fourth-order valence-electron chi connectivity index (χ4n) is 3.02. The highest BCUT2D eigenvalue weighted by Crippen LogP contribution is 2.29. The molecule has 120 valence electrons. The fraction of sp³-hybridized carbons (Fsp3) is 0.438. The Morgan fingerprint density at radius 2 is 2.30 bits per heavy atom. The number of aromatic hydroxyl groups is 1. The minimum absolute atomic E-state index is 0.0153. The average molecular weight is 315 g/mol. The number of pyridine rings is 1. The Bertz CT molecular complexity index is 737. The number of nitrogens with zero attached hydrogens (tertiary/aromatic N) is 3. The summed E-state index contributed by atoms with van der Waals surface area (Å²) in [4.78, 5) is 22.7. The number of fused-ring (bicyclic) bond motifs is 1. The van der Waals surface area contributed by atoms with Crippen LogP contribution >= 0.6 is 0 Å². The predicted octanol–water partition coefficient (Wildman–Crippen LogP) is 1.48. The second-order valence-electron chi connectivity index (χ2n) is 5.89. The molecule has 2 aliphatic heterocycles. The van der Waals surface area contributed by atoms with Gasteiger partial charge in [-0.3, -0.25) is 9.78 Å². The molecule has 4 heterocycles. The number of oxazole rings is 1. The quantitative estimate of drug-likeness (QED) is 0.903. The second kappa shape index (κ2) is 5.66. The summed E-state index contributed by atoms with van der Waals surface area (Å²) in [6.07, 6.45) is 4.34. The normalized spacial score (nSPS) is 20.5. The van der Waals surface area contributed by atoms with E-state index in [2.05, 4.69) is 9.97 Å². The van der Waals surface area contributed by atoms with E-state index in [1.165, 1.54) is 18.5 Å². The van der Waals surface area contributed by atoms with Gasteiger partial charge in [0.1, 0.15) is 17.2 Å². The van der Waals surface area contributed by atoms with Gasteiger partial charge in [-0.25, -0.2) is 4.98 Å². The lowest BCUT2D eigenvalue weighted by atomic mass is 10.1. The van der Waals surface area contributed by atoms with Crippen molar-refractivity contribution in [3.05, 3.63) is 41.4 Å². The van der Waals surface area contributed by atoms with Crippen LogP contribution in [0.1, 0.15) is 40.0 Å². The van der Waals surface area contributed by atoms with E-state index in [-0.39, 0.29) is 17.6 Å². The molecule has 2 aliphatic rings. The molecule has 1 saturated heterocycles. The second-order valence-corrected chi connectivity index (χ2v) is 5.89. The number of amides is 1. The molecule has 0 bridgehead atoms. The van der Waals surface area contributed by atoms with Gasteiger partial charge in [-0.05, 0) is 12.5 Å². The number of ether oxygens (including phenoxy) is 1. The lowest BCUT2D eigenvalue weighted by molar-refractivity contribution is 0.0727. The third-order valence-electron chi connectivity index (χ3n) is 4.28. The first-order chi connectivity index (χ1) is 11.2. The maximum atomic E-state index is 12.5.